The second-order valence-corrected chi connectivity index (χ2v) is 9.42. The first-order valence-corrected chi connectivity index (χ1v) is 12.3. The molecule has 182 valence electrons. The summed E-state index contributed by atoms with van der Waals surface area (Å²) in [7, 11) is 1.78. The SMILES string of the molecule is CN1CCN(c2ccc(-c3cccc(-c4ccc(CN)c(N5CCNCC5)c4)c3O)cc2Cl)C1=O. The Morgan fingerprint density at radius 1 is 0.943 bits per heavy atom. The molecular weight excluding hydrogens is 462 g/mol. The highest BCUT2D eigenvalue weighted by atomic mass is 35.5. The van der Waals surface area contributed by atoms with E-state index >= 15 is 0 Å². The Morgan fingerprint density at radius 2 is 1.63 bits per heavy atom. The van der Waals surface area contributed by atoms with Gasteiger partial charge in [-0.2, -0.15) is 0 Å². The van der Waals surface area contributed by atoms with E-state index < -0.39 is 0 Å². The molecule has 2 aliphatic rings. The summed E-state index contributed by atoms with van der Waals surface area (Å²) in [6, 6.07) is 17.4. The lowest BCUT2D eigenvalue weighted by Gasteiger charge is -2.31. The average molecular weight is 492 g/mol. The zero-order valence-corrected chi connectivity index (χ0v) is 20.6. The summed E-state index contributed by atoms with van der Waals surface area (Å²) in [4.78, 5) is 18.1. The third kappa shape index (κ3) is 4.43. The fourth-order valence-corrected chi connectivity index (χ4v) is 5.16. The van der Waals surface area contributed by atoms with Gasteiger partial charge in [-0.15, -0.1) is 0 Å². The van der Waals surface area contributed by atoms with Gasteiger partial charge in [0.05, 0.1) is 10.7 Å². The Morgan fingerprint density at radius 3 is 2.26 bits per heavy atom. The summed E-state index contributed by atoms with van der Waals surface area (Å²) in [5, 5.41) is 15.2. The van der Waals surface area contributed by atoms with E-state index in [0.29, 0.717) is 35.9 Å². The van der Waals surface area contributed by atoms with Gasteiger partial charge >= 0.3 is 6.03 Å². The minimum atomic E-state index is -0.0642. The molecular formula is C27H30ClN5O2. The molecule has 0 radical (unpaired) electrons. The van der Waals surface area contributed by atoms with E-state index in [1.807, 2.05) is 42.5 Å². The third-order valence-corrected chi connectivity index (χ3v) is 7.18. The number of hydrogen-bond donors (Lipinski definition) is 3. The number of phenolic OH excluding ortho intramolecular Hbond substituents is 1. The van der Waals surface area contributed by atoms with E-state index in [0.717, 1.165) is 54.1 Å². The Hall–Kier alpha value is -3.26. The van der Waals surface area contributed by atoms with E-state index in [1.54, 1.807) is 16.8 Å². The van der Waals surface area contributed by atoms with E-state index in [-0.39, 0.29) is 11.8 Å². The van der Waals surface area contributed by atoms with Gasteiger partial charge in [0.1, 0.15) is 5.75 Å². The molecule has 35 heavy (non-hydrogen) atoms. The summed E-state index contributed by atoms with van der Waals surface area (Å²) < 4.78 is 0. The number of nitrogens with zero attached hydrogens (tertiary/aromatic N) is 3. The van der Waals surface area contributed by atoms with Crippen LogP contribution in [0.5, 0.6) is 5.75 Å². The molecule has 8 heteroatoms. The van der Waals surface area contributed by atoms with Crippen LogP contribution in [0.1, 0.15) is 5.56 Å². The van der Waals surface area contributed by atoms with Gasteiger partial charge in [-0.05, 0) is 34.9 Å². The van der Waals surface area contributed by atoms with Crippen LogP contribution >= 0.6 is 11.6 Å². The van der Waals surface area contributed by atoms with Crippen molar-refractivity contribution in [3.8, 4) is 28.0 Å². The number of likely N-dealkylation sites (N-methyl/N-ethyl adjacent to an activating group) is 1. The van der Waals surface area contributed by atoms with Crippen molar-refractivity contribution in [2.24, 2.45) is 5.73 Å². The Bertz CT molecular complexity index is 1260. The fourth-order valence-electron chi connectivity index (χ4n) is 4.88. The van der Waals surface area contributed by atoms with Gasteiger partial charge in [0, 0.05) is 69.7 Å². The molecule has 2 amide bonds. The summed E-state index contributed by atoms with van der Waals surface area (Å²) >= 11 is 6.61. The second-order valence-electron chi connectivity index (χ2n) is 9.01. The van der Waals surface area contributed by atoms with Crippen LogP contribution in [0.25, 0.3) is 22.3 Å². The zero-order chi connectivity index (χ0) is 24.5. The number of carbonyl (C=O) groups is 1. The molecule has 4 N–H and O–H groups in total. The maximum Gasteiger partial charge on any atom is 0.324 e. The van der Waals surface area contributed by atoms with Crippen molar-refractivity contribution < 1.29 is 9.90 Å². The number of anilines is 2. The number of urea groups is 1. The normalized spacial score (nSPS) is 16.3. The Balaban J connectivity index is 1.50. The Labute approximate surface area is 210 Å². The molecule has 3 aromatic rings. The maximum absolute atomic E-state index is 12.4. The lowest BCUT2D eigenvalue weighted by Crippen LogP contribution is -2.44. The van der Waals surface area contributed by atoms with Crippen LogP contribution in [-0.2, 0) is 6.54 Å². The molecule has 0 unspecified atom stereocenters. The van der Waals surface area contributed by atoms with Crippen molar-refractivity contribution >= 4 is 29.0 Å². The third-order valence-electron chi connectivity index (χ3n) is 6.88. The van der Waals surface area contributed by atoms with Crippen molar-refractivity contribution in [2.45, 2.75) is 6.54 Å². The highest BCUT2D eigenvalue weighted by Crippen LogP contribution is 2.41. The number of para-hydroxylation sites is 1. The van der Waals surface area contributed by atoms with Gasteiger partial charge in [0.15, 0.2) is 0 Å². The molecule has 5 rings (SSSR count). The minimum Gasteiger partial charge on any atom is -0.507 e. The van der Waals surface area contributed by atoms with E-state index in [1.165, 1.54) is 0 Å². The molecule has 2 fully saturated rings. The first kappa shape index (κ1) is 23.5. The molecule has 3 aromatic carbocycles. The van der Waals surface area contributed by atoms with E-state index in [9.17, 15) is 9.90 Å². The molecule has 0 aliphatic carbocycles. The number of amides is 2. The lowest BCUT2D eigenvalue weighted by atomic mass is 9.95. The van der Waals surface area contributed by atoms with E-state index in [2.05, 4.69) is 22.3 Å². The maximum atomic E-state index is 12.4. The highest BCUT2D eigenvalue weighted by Gasteiger charge is 2.28. The molecule has 0 spiro atoms. The monoisotopic (exact) mass is 491 g/mol. The molecule has 2 aliphatic heterocycles. The number of piperazine rings is 1. The average Bonchev–Trinajstić information content (AvgIpc) is 3.22. The van der Waals surface area contributed by atoms with Crippen LogP contribution in [0.4, 0.5) is 16.2 Å². The first-order valence-electron chi connectivity index (χ1n) is 11.9. The topological polar surface area (TPSA) is 85.1 Å². The molecule has 0 saturated carbocycles. The molecule has 2 heterocycles. The number of aromatic hydroxyl groups is 1. The van der Waals surface area contributed by atoms with Crippen molar-refractivity contribution in [1.82, 2.24) is 10.2 Å². The van der Waals surface area contributed by atoms with Gasteiger partial charge in [-0.3, -0.25) is 4.90 Å². The molecule has 2 saturated heterocycles. The summed E-state index contributed by atoms with van der Waals surface area (Å²) in [5.41, 5.74) is 12.1. The van der Waals surface area contributed by atoms with Gasteiger partial charge in [-0.25, -0.2) is 4.79 Å². The summed E-state index contributed by atoms with van der Waals surface area (Å²) in [6.45, 7) is 5.44. The number of nitrogens with two attached hydrogens (primary N) is 1. The van der Waals surface area contributed by atoms with Gasteiger partial charge < -0.3 is 26.0 Å². The molecule has 7 nitrogen and oxygen atoms in total. The summed E-state index contributed by atoms with van der Waals surface area (Å²) in [6.07, 6.45) is 0. The largest absolute Gasteiger partial charge is 0.507 e. The number of benzene rings is 3. The lowest BCUT2D eigenvalue weighted by molar-refractivity contribution is 0.229. The van der Waals surface area contributed by atoms with Crippen LogP contribution in [0.2, 0.25) is 5.02 Å². The minimum absolute atomic E-state index is 0.0642. The standard InChI is InChI=1S/C27H30ClN5O2/c1-31-13-14-33(27(31)35)24-8-7-18(15-23(24)28)21-3-2-4-22(26(21)34)19-5-6-20(17-29)25(16-19)32-11-9-30-10-12-32/h2-8,15-16,30,34H,9-14,17,29H2,1H3. The van der Waals surface area contributed by atoms with Crippen LogP contribution in [-0.4, -0.2) is 62.4 Å². The first-order chi connectivity index (χ1) is 17.0. The van der Waals surface area contributed by atoms with Crippen LogP contribution < -0.4 is 20.9 Å². The number of nitrogens with one attached hydrogen (secondary N) is 1. The number of halogens is 1. The van der Waals surface area contributed by atoms with Crippen molar-refractivity contribution in [3.05, 3.63) is 65.2 Å². The predicted molar refractivity (Wildman–Crippen MR) is 142 cm³/mol. The van der Waals surface area contributed by atoms with Crippen LogP contribution in [0.3, 0.4) is 0 Å². The van der Waals surface area contributed by atoms with Crippen LogP contribution in [0.15, 0.2) is 54.6 Å². The van der Waals surface area contributed by atoms with Gasteiger partial charge in [0.25, 0.3) is 0 Å². The van der Waals surface area contributed by atoms with Crippen molar-refractivity contribution in [3.63, 3.8) is 0 Å². The molecule has 0 aromatic heterocycles. The fraction of sp³-hybridized carbons (Fsp3) is 0.296. The van der Waals surface area contributed by atoms with Crippen molar-refractivity contribution in [2.75, 3.05) is 56.1 Å². The smallest absolute Gasteiger partial charge is 0.324 e. The quantitative estimate of drug-likeness (QED) is 0.500. The Kier molecular flexibility index (Phi) is 6.56. The van der Waals surface area contributed by atoms with E-state index in [4.69, 9.17) is 17.3 Å². The predicted octanol–water partition coefficient (Wildman–Crippen LogP) is 4.12. The number of hydrogen-bond acceptors (Lipinski definition) is 5. The highest BCUT2D eigenvalue weighted by molar-refractivity contribution is 6.34. The van der Waals surface area contributed by atoms with Crippen LogP contribution in [0, 0.1) is 0 Å². The number of rotatable bonds is 5. The van der Waals surface area contributed by atoms with Gasteiger partial charge in [-0.1, -0.05) is 48.0 Å². The summed E-state index contributed by atoms with van der Waals surface area (Å²) in [5.74, 6) is 0.194. The number of carbonyl (C=O) groups excluding carboxylic acids is 1. The molecule has 0 bridgehead atoms. The van der Waals surface area contributed by atoms with Gasteiger partial charge in [0.2, 0.25) is 0 Å². The number of phenols is 1. The second kappa shape index (κ2) is 9.77. The zero-order valence-electron chi connectivity index (χ0n) is 19.8. The van der Waals surface area contributed by atoms with Crippen molar-refractivity contribution in [1.29, 1.82) is 0 Å². The molecule has 0 atom stereocenters.